The molecule has 3 heteroatoms. The lowest BCUT2D eigenvalue weighted by atomic mass is 10.0. The maximum absolute atomic E-state index is 11.0. The number of rotatable bonds is 3. The van der Waals surface area contributed by atoms with Crippen molar-refractivity contribution in [3.63, 3.8) is 0 Å². The third-order valence-corrected chi connectivity index (χ3v) is 3.76. The molecule has 78 valence electrons. The topological polar surface area (TPSA) is 29.1 Å². The van der Waals surface area contributed by atoms with Crippen LogP contribution in [0.25, 0.3) is 0 Å². The molecule has 1 atom stereocenters. The summed E-state index contributed by atoms with van der Waals surface area (Å²) in [6.07, 6.45) is 1.31. The lowest BCUT2D eigenvalue weighted by Gasteiger charge is -2.10. The van der Waals surface area contributed by atoms with E-state index >= 15 is 0 Å². The van der Waals surface area contributed by atoms with E-state index in [-0.39, 0.29) is 5.91 Å². The summed E-state index contributed by atoms with van der Waals surface area (Å²) in [6.45, 7) is 4.14. The molecule has 1 N–H and O–H groups in total. The fraction of sp³-hybridized carbons (Fsp3) is 0.250. The molecule has 1 aliphatic rings. The molecule has 0 bridgehead atoms. The van der Waals surface area contributed by atoms with Gasteiger partial charge in [0.2, 0.25) is 5.91 Å². The van der Waals surface area contributed by atoms with Gasteiger partial charge in [-0.2, -0.15) is 0 Å². The summed E-state index contributed by atoms with van der Waals surface area (Å²) < 4.78 is 0. The van der Waals surface area contributed by atoms with Crippen LogP contribution in [0.1, 0.15) is 11.5 Å². The van der Waals surface area contributed by atoms with Crippen LogP contribution >= 0.6 is 11.8 Å². The first-order chi connectivity index (χ1) is 7.31. The third-order valence-electron chi connectivity index (χ3n) is 2.51. The number of hydrogen-bond acceptors (Lipinski definition) is 2. The van der Waals surface area contributed by atoms with Gasteiger partial charge in [-0.05, 0) is 17.7 Å². The van der Waals surface area contributed by atoms with E-state index < -0.39 is 0 Å². The van der Waals surface area contributed by atoms with Crippen LogP contribution < -0.4 is 5.32 Å². The molecule has 2 rings (SSSR count). The highest BCUT2D eigenvalue weighted by molar-refractivity contribution is 7.99. The predicted octanol–water partition coefficient (Wildman–Crippen LogP) is 2.18. The fourth-order valence-corrected chi connectivity index (χ4v) is 2.95. The van der Waals surface area contributed by atoms with Crippen LogP contribution in [-0.2, 0) is 4.79 Å². The Hall–Kier alpha value is -1.22. The molecule has 15 heavy (non-hydrogen) atoms. The van der Waals surface area contributed by atoms with Gasteiger partial charge in [0.15, 0.2) is 0 Å². The second kappa shape index (κ2) is 4.53. The van der Waals surface area contributed by atoms with Crippen molar-refractivity contribution in [2.45, 2.75) is 10.8 Å². The molecule has 0 radical (unpaired) electrons. The van der Waals surface area contributed by atoms with Gasteiger partial charge in [0, 0.05) is 23.1 Å². The number of carbonyl (C=O) groups is 1. The Balaban J connectivity index is 2.02. The first-order valence-corrected chi connectivity index (χ1v) is 5.92. The van der Waals surface area contributed by atoms with E-state index in [0.717, 1.165) is 5.75 Å². The van der Waals surface area contributed by atoms with Crippen LogP contribution in [0.4, 0.5) is 0 Å². The Morgan fingerprint density at radius 1 is 1.60 bits per heavy atom. The number of benzene rings is 1. The molecular weight excluding hydrogens is 206 g/mol. The standard InChI is InChI=1S/C12H13NOS/c1-2-12(14)13-7-9-8-15-11-6-4-3-5-10(9)11/h2-6,9H,1,7-8H2,(H,13,14). The third kappa shape index (κ3) is 2.23. The Morgan fingerprint density at radius 3 is 3.20 bits per heavy atom. The fourth-order valence-electron chi connectivity index (χ4n) is 1.69. The summed E-state index contributed by atoms with van der Waals surface area (Å²) in [5, 5.41) is 2.84. The van der Waals surface area contributed by atoms with Crippen molar-refractivity contribution in [3.8, 4) is 0 Å². The van der Waals surface area contributed by atoms with Crippen LogP contribution in [-0.4, -0.2) is 18.2 Å². The van der Waals surface area contributed by atoms with Gasteiger partial charge in [0.05, 0.1) is 0 Å². The molecule has 0 aromatic heterocycles. The summed E-state index contributed by atoms with van der Waals surface area (Å²) >= 11 is 1.86. The molecule has 0 aliphatic carbocycles. The predicted molar refractivity (Wildman–Crippen MR) is 63.1 cm³/mol. The van der Waals surface area contributed by atoms with Crippen LogP contribution in [0, 0.1) is 0 Å². The minimum atomic E-state index is -0.0932. The van der Waals surface area contributed by atoms with Crippen LogP contribution in [0.3, 0.4) is 0 Å². The molecule has 0 spiro atoms. The highest BCUT2D eigenvalue weighted by Crippen LogP contribution is 2.38. The zero-order valence-electron chi connectivity index (χ0n) is 8.40. The van der Waals surface area contributed by atoms with E-state index in [1.807, 2.05) is 17.8 Å². The average Bonchev–Trinajstić information content (AvgIpc) is 2.69. The largest absolute Gasteiger partial charge is 0.352 e. The first-order valence-electron chi connectivity index (χ1n) is 4.93. The molecule has 1 aromatic rings. The maximum Gasteiger partial charge on any atom is 0.243 e. The Kier molecular flexibility index (Phi) is 3.11. The Bertz CT molecular complexity index is 389. The summed E-state index contributed by atoms with van der Waals surface area (Å²) in [5.74, 6) is 1.40. The highest BCUT2D eigenvalue weighted by Gasteiger charge is 2.22. The van der Waals surface area contributed by atoms with E-state index in [1.165, 1.54) is 16.5 Å². The Morgan fingerprint density at radius 2 is 2.40 bits per heavy atom. The van der Waals surface area contributed by atoms with Gasteiger partial charge in [-0.25, -0.2) is 0 Å². The summed E-state index contributed by atoms with van der Waals surface area (Å²) in [7, 11) is 0. The van der Waals surface area contributed by atoms with Crippen molar-refractivity contribution in [1.29, 1.82) is 0 Å². The lowest BCUT2D eigenvalue weighted by molar-refractivity contribution is -0.116. The maximum atomic E-state index is 11.0. The van der Waals surface area contributed by atoms with E-state index in [4.69, 9.17) is 0 Å². The van der Waals surface area contributed by atoms with Crippen molar-refractivity contribution < 1.29 is 4.79 Å². The molecule has 0 fully saturated rings. The second-order valence-corrected chi connectivity index (χ2v) is 4.56. The van der Waals surface area contributed by atoms with Crippen molar-refractivity contribution in [1.82, 2.24) is 5.32 Å². The van der Waals surface area contributed by atoms with Crippen molar-refractivity contribution in [3.05, 3.63) is 42.5 Å². The molecular formula is C12H13NOS. The van der Waals surface area contributed by atoms with Crippen molar-refractivity contribution in [2.75, 3.05) is 12.3 Å². The molecule has 1 aromatic carbocycles. The highest BCUT2D eigenvalue weighted by atomic mass is 32.2. The van der Waals surface area contributed by atoms with E-state index in [1.54, 1.807) is 0 Å². The average molecular weight is 219 g/mol. The Labute approximate surface area is 93.8 Å². The quantitative estimate of drug-likeness (QED) is 0.789. The lowest BCUT2D eigenvalue weighted by Crippen LogP contribution is -2.26. The number of amides is 1. The molecule has 0 saturated heterocycles. The number of nitrogens with one attached hydrogen (secondary N) is 1. The molecule has 1 amide bonds. The van der Waals surface area contributed by atoms with E-state index in [9.17, 15) is 4.79 Å². The van der Waals surface area contributed by atoms with E-state index in [0.29, 0.717) is 12.5 Å². The smallest absolute Gasteiger partial charge is 0.243 e. The van der Waals surface area contributed by atoms with Gasteiger partial charge < -0.3 is 5.32 Å². The minimum absolute atomic E-state index is 0.0932. The molecule has 1 heterocycles. The number of thioether (sulfide) groups is 1. The minimum Gasteiger partial charge on any atom is -0.352 e. The van der Waals surface area contributed by atoms with Crippen LogP contribution in [0.2, 0.25) is 0 Å². The summed E-state index contributed by atoms with van der Waals surface area (Å²) in [4.78, 5) is 12.4. The van der Waals surface area contributed by atoms with Crippen molar-refractivity contribution in [2.24, 2.45) is 0 Å². The SMILES string of the molecule is C=CC(=O)NCC1CSc2ccccc21. The molecule has 1 aliphatic heterocycles. The first kappa shape index (κ1) is 10.3. The molecule has 0 saturated carbocycles. The summed E-state index contributed by atoms with van der Waals surface area (Å²) in [5.41, 5.74) is 1.35. The van der Waals surface area contributed by atoms with Gasteiger partial charge in [0.25, 0.3) is 0 Å². The van der Waals surface area contributed by atoms with Gasteiger partial charge in [-0.3, -0.25) is 4.79 Å². The van der Waals surface area contributed by atoms with Gasteiger partial charge >= 0.3 is 0 Å². The van der Waals surface area contributed by atoms with Crippen LogP contribution in [0.5, 0.6) is 0 Å². The van der Waals surface area contributed by atoms with Gasteiger partial charge in [-0.1, -0.05) is 24.8 Å². The van der Waals surface area contributed by atoms with E-state index in [2.05, 4.69) is 30.1 Å². The van der Waals surface area contributed by atoms with Crippen molar-refractivity contribution >= 4 is 17.7 Å². The summed E-state index contributed by atoms with van der Waals surface area (Å²) in [6, 6.07) is 8.37. The second-order valence-electron chi connectivity index (χ2n) is 3.50. The molecule has 1 unspecified atom stereocenters. The van der Waals surface area contributed by atoms with Gasteiger partial charge in [-0.15, -0.1) is 11.8 Å². The number of fused-ring (bicyclic) bond motifs is 1. The molecule has 2 nitrogen and oxygen atoms in total. The van der Waals surface area contributed by atoms with Gasteiger partial charge in [0.1, 0.15) is 0 Å². The van der Waals surface area contributed by atoms with Crippen LogP contribution in [0.15, 0.2) is 41.8 Å². The normalized spacial score (nSPS) is 18.3. The monoisotopic (exact) mass is 219 g/mol. The zero-order chi connectivity index (χ0) is 10.7. The zero-order valence-corrected chi connectivity index (χ0v) is 9.22. The number of carbonyl (C=O) groups excluding carboxylic acids is 1. The number of hydrogen-bond donors (Lipinski definition) is 1.